The average molecular weight is 844 g/mol. The molecule has 32 heteroatoms. The van der Waals surface area contributed by atoms with Gasteiger partial charge in [-0.05, 0) is 24.4 Å². The minimum atomic E-state index is -8.20. The van der Waals surface area contributed by atoms with Crippen molar-refractivity contribution in [1.29, 1.82) is 0 Å². The van der Waals surface area contributed by atoms with E-state index in [1.54, 1.807) is 0 Å². The van der Waals surface area contributed by atoms with Crippen molar-refractivity contribution in [2.45, 2.75) is 84.4 Å². The molecule has 0 saturated carbocycles. The second-order valence-corrected chi connectivity index (χ2v) is 9.76. The van der Waals surface area contributed by atoms with E-state index in [1.165, 1.54) is 10.9 Å². The third-order valence-electron chi connectivity index (χ3n) is 5.56. The lowest BCUT2D eigenvalue weighted by molar-refractivity contribution is -0.440. The molecule has 0 bridgehead atoms. The number of thiocarbonyl (C=S) groups is 2. The fourth-order valence-electron chi connectivity index (χ4n) is 2.64. The van der Waals surface area contributed by atoms with Gasteiger partial charge in [-0.25, -0.2) is 0 Å². The number of halogens is 26. The van der Waals surface area contributed by atoms with E-state index in [0.717, 1.165) is 0 Å². The van der Waals surface area contributed by atoms with E-state index in [0.29, 0.717) is 0 Å². The Labute approximate surface area is 267 Å². The van der Waals surface area contributed by atoms with Crippen LogP contribution in [0.2, 0.25) is 0 Å². The Kier molecular flexibility index (Phi) is 13.2. The van der Waals surface area contributed by atoms with Crippen molar-refractivity contribution >= 4 is 34.8 Å². The van der Waals surface area contributed by atoms with Crippen LogP contribution in [0.4, 0.5) is 114 Å². The van der Waals surface area contributed by atoms with Crippen LogP contribution in [-0.2, 0) is 9.47 Å². The van der Waals surface area contributed by atoms with Crippen LogP contribution in [0, 0.1) is 0 Å². The van der Waals surface area contributed by atoms with Crippen LogP contribution >= 0.6 is 24.4 Å². The van der Waals surface area contributed by atoms with Crippen LogP contribution in [0.15, 0.2) is 0 Å². The summed E-state index contributed by atoms with van der Waals surface area (Å²) in [6.07, 6.45) is -21.2. The van der Waals surface area contributed by atoms with Crippen LogP contribution in [0.1, 0.15) is 12.8 Å². The summed E-state index contributed by atoms with van der Waals surface area (Å²) in [7, 11) is 0. The van der Waals surface area contributed by atoms with Crippen LogP contribution in [0.5, 0.6) is 0 Å². The zero-order valence-electron chi connectivity index (χ0n) is 22.3. The van der Waals surface area contributed by atoms with Crippen molar-refractivity contribution in [3.8, 4) is 0 Å². The van der Waals surface area contributed by atoms with E-state index in [2.05, 4.69) is 33.9 Å². The van der Waals surface area contributed by atoms with Crippen molar-refractivity contribution in [2.24, 2.45) is 0 Å². The summed E-state index contributed by atoms with van der Waals surface area (Å²) in [6, 6.07) is 0. The normalized spacial score (nSPS) is 15.5. The van der Waals surface area contributed by atoms with Crippen molar-refractivity contribution < 1.29 is 124 Å². The summed E-state index contributed by atoms with van der Waals surface area (Å²) in [4.78, 5) is 0. The quantitative estimate of drug-likeness (QED) is 0.104. The summed E-state index contributed by atoms with van der Waals surface area (Å²) in [5, 5.41) is -3.06. The fourth-order valence-corrected chi connectivity index (χ4v) is 2.90. The highest BCUT2D eigenvalue weighted by Gasteiger charge is 2.92. The van der Waals surface area contributed by atoms with Gasteiger partial charge in [-0.1, -0.05) is 0 Å². The molecule has 0 aromatic rings. The van der Waals surface area contributed by atoms with E-state index >= 15 is 0 Å². The van der Waals surface area contributed by atoms with Gasteiger partial charge in [0, 0.05) is 0 Å². The van der Waals surface area contributed by atoms with Gasteiger partial charge in [0.1, 0.15) is 0 Å². The van der Waals surface area contributed by atoms with Crippen LogP contribution in [0.25, 0.3) is 0 Å². The summed E-state index contributed by atoms with van der Waals surface area (Å²) >= 11 is 8.16. The Balaban J connectivity index is 5.35. The molecule has 4 nitrogen and oxygen atoms in total. The molecule has 0 aliphatic rings. The lowest BCUT2D eigenvalue weighted by Crippen LogP contribution is -2.70. The standard InChI is InChI=1S/C18H10F26N2O2S2/c19-7(20,9(23,24)11(27,28)13(31,32)15(35,36)17(39,40)41)1-3-47-5(49)45-46-6(50)48-4-2-8(21,22)10(25,26)12(29,30)14(33,34)16(37,38)18(42,43)44/h1-4H2,(H,45,49)(H,46,50). The van der Waals surface area contributed by atoms with Crippen molar-refractivity contribution in [3.63, 3.8) is 0 Å². The van der Waals surface area contributed by atoms with E-state index in [-0.39, 0.29) is 0 Å². The predicted molar refractivity (Wildman–Crippen MR) is 114 cm³/mol. The maximum atomic E-state index is 13.7. The molecule has 0 radical (unpaired) electrons. The van der Waals surface area contributed by atoms with Crippen molar-refractivity contribution in [3.05, 3.63) is 0 Å². The highest BCUT2D eigenvalue weighted by atomic mass is 32.1. The molecule has 50 heavy (non-hydrogen) atoms. The first-order chi connectivity index (χ1) is 21.5. The van der Waals surface area contributed by atoms with Gasteiger partial charge in [-0.15, -0.1) is 0 Å². The summed E-state index contributed by atoms with van der Waals surface area (Å²) in [6.45, 7) is -4.29. The van der Waals surface area contributed by atoms with Gasteiger partial charge in [-0.3, -0.25) is 10.9 Å². The topological polar surface area (TPSA) is 42.5 Å². The van der Waals surface area contributed by atoms with E-state index < -0.39 is 108 Å². The molecule has 0 unspecified atom stereocenters. The number of ether oxygens (including phenoxy) is 2. The number of hydrogen-bond donors (Lipinski definition) is 2. The number of rotatable bonds is 14. The Bertz CT molecular complexity index is 1120. The molecule has 0 fully saturated rings. The molecule has 0 aromatic heterocycles. The predicted octanol–water partition coefficient (Wildman–Crippen LogP) is 8.94. The zero-order valence-corrected chi connectivity index (χ0v) is 23.9. The molecule has 0 heterocycles. The van der Waals surface area contributed by atoms with Gasteiger partial charge in [0.05, 0.1) is 26.1 Å². The molecular formula is C18H10F26N2O2S2. The number of nitrogens with one attached hydrogen (secondary N) is 2. The lowest BCUT2D eigenvalue weighted by atomic mass is 9.93. The summed E-state index contributed by atoms with van der Waals surface area (Å²) in [5.74, 6) is -77.3. The Morgan fingerprint density at radius 1 is 0.340 bits per heavy atom. The van der Waals surface area contributed by atoms with Crippen LogP contribution in [-0.4, -0.2) is 95.1 Å². The van der Waals surface area contributed by atoms with Crippen molar-refractivity contribution in [2.75, 3.05) is 13.2 Å². The van der Waals surface area contributed by atoms with E-state index in [1.807, 2.05) is 0 Å². The highest BCUT2D eigenvalue weighted by Crippen LogP contribution is 2.62. The fraction of sp³-hybridized carbons (Fsp3) is 0.889. The Morgan fingerprint density at radius 2 is 0.540 bits per heavy atom. The first-order valence-electron chi connectivity index (χ1n) is 11.3. The van der Waals surface area contributed by atoms with Gasteiger partial charge in [-0.2, -0.15) is 114 Å². The van der Waals surface area contributed by atoms with Crippen LogP contribution in [0.3, 0.4) is 0 Å². The largest absolute Gasteiger partial charge is 0.470 e. The average Bonchev–Trinajstić information content (AvgIpc) is 2.89. The van der Waals surface area contributed by atoms with Crippen molar-refractivity contribution in [1.82, 2.24) is 10.9 Å². The summed E-state index contributed by atoms with van der Waals surface area (Å²) in [5.41, 5.74) is 2.55. The molecule has 0 aliphatic heterocycles. The molecule has 0 aliphatic carbocycles. The monoisotopic (exact) mass is 844 g/mol. The second kappa shape index (κ2) is 13.8. The van der Waals surface area contributed by atoms with E-state index in [9.17, 15) is 114 Å². The molecule has 2 N–H and O–H groups in total. The van der Waals surface area contributed by atoms with Gasteiger partial charge in [0.15, 0.2) is 0 Å². The molecule has 0 rings (SSSR count). The highest BCUT2D eigenvalue weighted by molar-refractivity contribution is 7.80. The lowest BCUT2D eigenvalue weighted by Gasteiger charge is -2.39. The second-order valence-electron chi connectivity index (χ2n) is 9.02. The molecule has 0 aromatic carbocycles. The number of hydrogen-bond acceptors (Lipinski definition) is 4. The van der Waals surface area contributed by atoms with Gasteiger partial charge >= 0.3 is 71.6 Å². The Morgan fingerprint density at radius 3 is 0.740 bits per heavy atom. The van der Waals surface area contributed by atoms with Crippen LogP contribution < -0.4 is 10.9 Å². The molecule has 0 saturated heterocycles. The minimum absolute atomic E-state index is 1.27. The first kappa shape index (κ1) is 47.6. The zero-order chi connectivity index (χ0) is 40.8. The molecule has 298 valence electrons. The van der Waals surface area contributed by atoms with Gasteiger partial charge in [0.25, 0.3) is 10.3 Å². The molecule has 0 amide bonds. The third-order valence-corrected chi connectivity index (χ3v) is 6.00. The van der Waals surface area contributed by atoms with Gasteiger partial charge < -0.3 is 9.47 Å². The number of alkyl halides is 26. The number of hydrazine groups is 1. The Hall–Kier alpha value is -2.44. The van der Waals surface area contributed by atoms with Gasteiger partial charge in [0.2, 0.25) is 0 Å². The molecule has 0 atom stereocenters. The SMILES string of the molecule is FC(F)(F)C(F)(F)C(F)(F)C(F)(F)C(F)(F)C(F)(F)CCOC(=S)NNC(=S)OCCC(F)(F)C(F)(F)C(F)(F)C(F)(F)C(F)(F)C(F)(F)F. The minimum Gasteiger partial charge on any atom is -0.470 e. The molecular weight excluding hydrogens is 834 g/mol. The smallest absolute Gasteiger partial charge is 0.460 e. The third kappa shape index (κ3) is 7.97. The maximum absolute atomic E-state index is 13.7. The first-order valence-corrected chi connectivity index (χ1v) is 12.1. The maximum Gasteiger partial charge on any atom is 0.460 e. The van der Waals surface area contributed by atoms with E-state index in [4.69, 9.17) is 0 Å². The summed E-state index contributed by atoms with van der Waals surface area (Å²) < 4.78 is 347. The molecule has 0 spiro atoms.